The Morgan fingerprint density at radius 3 is 2.59 bits per heavy atom. The third kappa shape index (κ3) is 5.95. The Morgan fingerprint density at radius 1 is 1.10 bits per heavy atom. The highest BCUT2D eigenvalue weighted by molar-refractivity contribution is 14.1. The minimum absolute atomic E-state index is 0.263. The Balaban J connectivity index is 1.63. The molecular formula is C22H18ClIN2O3. The van der Waals surface area contributed by atoms with Crippen molar-refractivity contribution in [1.29, 1.82) is 0 Å². The molecule has 3 aromatic carbocycles. The predicted molar refractivity (Wildman–Crippen MR) is 123 cm³/mol. The van der Waals surface area contributed by atoms with Gasteiger partial charge in [0.1, 0.15) is 6.61 Å². The number of carbonyl (C=O) groups is 1. The molecule has 0 aliphatic rings. The average Bonchev–Trinajstić information content (AvgIpc) is 2.74. The smallest absolute Gasteiger partial charge is 0.272 e. The van der Waals surface area contributed by atoms with E-state index in [1.165, 1.54) is 0 Å². The fourth-order valence-corrected chi connectivity index (χ4v) is 3.25. The predicted octanol–water partition coefficient (Wildman–Crippen LogP) is 5.30. The number of hydrogen-bond acceptors (Lipinski definition) is 4. The Bertz CT molecular complexity index is 1020. The summed E-state index contributed by atoms with van der Waals surface area (Å²) in [7, 11) is 1.57. The van der Waals surface area contributed by atoms with E-state index >= 15 is 0 Å². The van der Waals surface area contributed by atoms with E-state index in [1.54, 1.807) is 31.5 Å². The van der Waals surface area contributed by atoms with E-state index < -0.39 is 0 Å². The third-order valence-corrected chi connectivity index (χ3v) is 5.19. The van der Waals surface area contributed by atoms with Crippen LogP contribution < -0.4 is 14.9 Å². The van der Waals surface area contributed by atoms with Gasteiger partial charge in [0.25, 0.3) is 5.91 Å². The van der Waals surface area contributed by atoms with Crippen LogP contribution in [0.1, 0.15) is 21.5 Å². The van der Waals surface area contributed by atoms with Crippen LogP contribution in [0.25, 0.3) is 0 Å². The van der Waals surface area contributed by atoms with E-state index in [0.29, 0.717) is 28.7 Å². The lowest BCUT2D eigenvalue weighted by Gasteiger charge is -2.11. The molecule has 5 nitrogen and oxygen atoms in total. The van der Waals surface area contributed by atoms with Crippen LogP contribution in [0.2, 0.25) is 5.02 Å². The van der Waals surface area contributed by atoms with Gasteiger partial charge in [-0.2, -0.15) is 5.10 Å². The molecule has 0 unspecified atom stereocenters. The second-order valence-corrected chi connectivity index (χ2v) is 7.60. The van der Waals surface area contributed by atoms with Crippen LogP contribution in [0.3, 0.4) is 0 Å². The molecule has 148 valence electrons. The topological polar surface area (TPSA) is 59.9 Å². The third-order valence-electron chi connectivity index (χ3n) is 3.99. The van der Waals surface area contributed by atoms with Crippen molar-refractivity contribution in [2.24, 2.45) is 5.10 Å². The molecule has 0 radical (unpaired) electrons. The first-order valence-corrected chi connectivity index (χ1v) is 10.2. The molecule has 1 N–H and O–H groups in total. The zero-order chi connectivity index (χ0) is 20.6. The second-order valence-electron chi connectivity index (χ2n) is 6.00. The quantitative estimate of drug-likeness (QED) is 0.261. The maximum Gasteiger partial charge on any atom is 0.272 e. The van der Waals surface area contributed by atoms with Crippen molar-refractivity contribution in [3.63, 3.8) is 0 Å². The summed E-state index contributed by atoms with van der Waals surface area (Å²) in [5.41, 5.74) is 4.88. The molecule has 0 saturated heterocycles. The van der Waals surface area contributed by atoms with E-state index in [2.05, 4.69) is 33.1 Å². The number of hydrogen-bond donors (Lipinski definition) is 1. The average molecular weight is 521 g/mol. The van der Waals surface area contributed by atoms with E-state index in [0.717, 1.165) is 14.7 Å². The molecule has 0 bridgehead atoms. The highest BCUT2D eigenvalue weighted by Crippen LogP contribution is 2.28. The summed E-state index contributed by atoms with van der Waals surface area (Å²) in [6.07, 6.45) is 1.55. The Labute approximate surface area is 187 Å². The number of benzene rings is 3. The van der Waals surface area contributed by atoms with Gasteiger partial charge < -0.3 is 9.47 Å². The molecule has 0 aromatic heterocycles. The molecule has 3 aromatic rings. The van der Waals surface area contributed by atoms with E-state index in [-0.39, 0.29) is 5.91 Å². The number of ether oxygens (including phenoxy) is 2. The van der Waals surface area contributed by atoms with E-state index in [9.17, 15) is 4.79 Å². The minimum Gasteiger partial charge on any atom is -0.493 e. The first-order valence-electron chi connectivity index (χ1n) is 8.70. The van der Waals surface area contributed by atoms with Gasteiger partial charge in [0.2, 0.25) is 0 Å². The fraction of sp³-hybridized carbons (Fsp3) is 0.0909. The largest absolute Gasteiger partial charge is 0.493 e. The highest BCUT2D eigenvalue weighted by atomic mass is 127. The highest BCUT2D eigenvalue weighted by Gasteiger charge is 2.08. The monoisotopic (exact) mass is 520 g/mol. The molecule has 1 amide bonds. The molecule has 0 saturated carbocycles. The van der Waals surface area contributed by atoms with Gasteiger partial charge in [-0.3, -0.25) is 4.79 Å². The molecule has 7 heteroatoms. The molecule has 29 heavy (non-hydrogen) atoms. The Hall–Kier alpha value is -2.58. The summed E-state index contributed by atoms with van der Waals surface area (Å²) in [5.74, 6) is 0.926. The standard InChI is InChI=1S/C22H18ClIN2O3/c1-28-21-12-16(13-25-26-22(27)18-4-2-3-5-19(18)24)8-11-20(21)29-14-15-6-9-17(23)10-7-15/h2-13H,14H2,1H3,(H,26,27)/b25-13+. The fourth-order valence-electron chi connectivity index (χ4n) is 2.50. The van der Waals surface area contributed by atoms with Crippen molar-refractivity contribution in [2.45, 2.75) is 6.61 Å². The Kier molecular flexibility index (Phi) is 7.48. The molecule has 3 rings (SSSR count). The van der Waals surface area contributed by atoms with Crippen LogP contribution in [0.5, 0.6) is 11.5 Å². The van der Waals surface area contributed by atoms with Crippen molar-refractivity contribution in [1.82, 2.24) is 5.43 Å². The molecule has 0 fully saturated rings. The van der Waals surface area contributed by atoms with Gasteiger partial charge in [-0.25, -0.2) is 5.43 Å². The lowest BCUT2D eigenvalue weighted by molar-refractivity contribution is 0.0954. The van der Waals surface area contributed by atoms with Crippen LogP contribution in [0, 0.1) is 3.57 Å². The van der Waals surface area contributed by atoms with Crippen molar-refractivity contribution in [3.8, 4) is 11.5 Å². The van der Waals surface area contributed by atoms with Gasteiger partial charge in [-0.15, -0.1) is 0 Å². The van der Waals surface area contributed by atoms with Crippen LogP contribution in [-0.2, 0) is 6.61 Å². The normalized spacial score (nSPS) is 10.7. The number of rotatable bonds is 7. The van der Waals surface area contributed by atoms with Gasteiger partial charge >= 0.3 is 0 Å². The minimum atomic E-state index is -0.263. The summed E-state index contributed by atoms with van der Waals surface area (Å²) in [4.78, 5) is 12.2. The van der Waals surface area contributed by atoms with Crippen LogP contribution >= 0.6 is 34.2 Å². The van der Waals surface area contributed by atoms with Gasteiger partial charge in [-0.05, 0) is 76.2 Å². The maximum atomic E-state index is 12.2. The number of nitrogens with zero attached hydrogens (tertiary/aromatic N) is 1. The van der Waals surface area contributed by atoms with Gasteiger partial charge in [-0.1, -0.05) is 35.9 Å². The number of amides is 1. The van der Waals surface area contributed by atoms with Crippen molar-refractivity contribution < 1.29 is 14.3 Å². The number of hydrazone groups is 1. The molecule has 0 heterocycles. The lowest BCUT2D eigenvalue weighted by Crippen LogP contribution is -2.18. The zero-order valence-corrected chi connectivity index (χ0v) is 18.5. The number of carbonyl (C=O) groups excluding carboxylic acids is 1. The number of halogens is 2. The first kappa shape index (κ1) is 21.1. The zero-order valence-electron chi connectivity index (χ0n) is 15.6. The number of nitrogens with one attached hydrogen (secondary N) is 1. The molecular weight excluding hydrogens is 503 g/mol. The summed E-state index contributed by atoms with van der Waals surface area (Å²) in [6.45, 7) is 0.396. The van der Waals surface area contributed by atoms with Crippen LogP contribution in [0.4, 0.5) is 0 Å². The molecule has 0 aliphatic carbocycles. The van der Waals surface area contributed by atoms with E-state index in [4.69, 9.17) is 21.1 Å². The maximum absolute atomic E-state index is 12.2. The van der Waals surface area contributed by atoms with E-state index in [1.807, 2.05) is 48.5 Å². The SMILES string of the molecule is COc1cc(/C=N/NC(=O)c2ccccc2I)ccc1OCc1ccc(Cl)cc1. The van der Waals surface area contributed by atoms with Gasteiger partial charge in [0, 0.05) is 8.59 Å². The second kappa shape index (κ2) is 10.3. The summed E-state index contributed by atoms with van der Waals surface area (Å²) in [6, 6.07) is 20.2. The summed E-state index contributed by atoms with van der Waals surface area (Å²) >= 11 is 8.01. The van der Waals surface area contributed by atoms with Gasteiger partial charge in [0.05, 0.1) is 18.9 Å². The van der Waals surface area contributed by atoms with Crippen LogP contribution in [-0.4, -0.2) is 19.2 Å². The van der Waals surface area contributed by atoms with Crippen molar-refractivity contribution in [2.75, 3.05) is 7.11 Å². The summed E-state index contributed by atoms with van der Waals surface area (Å²) < 4.78 is 12.1. The molecule has 0 spiro atoms. The summed E-state index contributed by atoms with van der Waals surface area (Å²) in [5, 5.41) is 4.71. The van der Waals surface area contributed by atoms with Crippen molar-refractivity contribution in [3.05, 3.63) is 92.0 Å². The lowest BCUT2D eigenvalue weighted by atomic mass is 10.2. The molecule has 0 atom stereocenters. The number of methoxy groups -OCH3 is 1. The van der Waals surface area contributed by atoms with Crippen molar-refractivity contribution >= 4 is 46.3 Å². The first-order chi connectivity index (χ1) is 14.1. The Morgan fingerprint density at radius 2 is 1.86 bits per heavy atom. The molecule has 0 aliphatic heterocycles. The van der Waals surface area contributed by atoms with Crippen LogP contribution in [0.15, 0.2) is 71.8 Å². The van der Waals surface area contributed by atoms with Gasteiger partial charge in [0.15, 0.2) is 11.5 Å².